The van der Waals surface area contributed by atoms with Crippen LogP contribution in [0.3, 0.4) is 0 Å². The van der Waals surface area contributed by atoms with Gasteiger partial charge in [-0.25, -0.2) is 19.2 Å². The average molecular weight is 196 g/mol. The minimum atomic E-state index is -0.579. The van der Waals surface area contributed by atoms with Crippen molar-refractivity contribution in [2.75, 3.05) is 0 Å². The van der Waals surface area contributed by atoms with E-state index in [4.69, 9.17) is 0 Å². The Kier molecular flexibility index (Phi) is 2.90. The molecule has 6 heteroatoms. The Bertz CT molecular complexity index is 294. The number of hydrogen-bond acceptors (Lipinski definition) is 6. The van der Waals surface area contributed by atoms with Crippen molar-refractivity contribution >= 4 is 23.9 Å². The van der Waals surface area contributed by atoms with Gasteiger partial charge in [0.05, 0.1) is 0 Å². The van der Waals surface area contributed by atoms with Gasteiger partial charge >= 0.3 is 23.9 Å². The van der Waals surface area contributed by atoms with Gasteiger partial charge < -0.3 is 9.47 Å². The fraction of sp³-hybridized carbons (Fsp3) is 0. The molecule has 0 aromatic heterocycles. The summed E-state index contributed by atoms with van der Waals surface area (Å²) in [6.07, 6.45) is 4.34. The highest BCUT2D eigenvalue weighted by Gasteiger charge is 2.10. The smallest absolute Gasteiger partial charge is 0.338 e. The molecule has 0 aromatic carbocycles. The highest BCUT2D eigenvalue weighted by Crippen LogP contribution is 1.93. The lowest BCUT2D eigenvalue weighted by molar-refractivity contribution is -0.151. The molecule has 0 aromatic rings. The van der Waals surface area contributed by atoms with E-state index in [0.29, 0.717) is 0 Å². The van der Waals surface area contributed by atoms with Gasteiger partial charge in [0.2, 0.25) is 0 Å². The third kappa shape index (κ3) is 3.02. The molecule has 0 saturated carbocycles. The molecule has 0 aliphatic carbocycles. The number of hydrogen-bond donors (Lipinski definition) is 0. The summed E-state index contributed by atoms with van der Waals surface area (Å²) in [5, 5.41) is 0. The molecule has 0 saturated heterocycles. The quantitative estimate of drug-likeness (QED) is 0.374. The Morgan fingerprint density at radius 2 is 0.786 bits per heavy atom. The van der Waals surface area contributed by atoms with Crippen LogP contribution in [0.4, 0.5) is 0 Å². The van der Waals surface area contributed by atoms with Gasteiger partial charge in [0, 0.05) is 24.3 Å². The maximum atomic E-state index is 9.92. The molecule has 0 bridgehead atoms. The van der Waals surface area contributed by atoms with Crippen molar-refractivity contribution in [2.24, 2.45) is 0 Å². The van der Waals surface area contributed by atoms with Crippen molar-refractivity contribution in [2.45, 2.75) is 0 Å². The summed E-state index contributed by atoms with van der Waals surface area (Å²) in [5.41, 5.74) is 0. The van der Waals surface area contributed by atoms with Crippen LogP contribution < -0.4 is 0 Å². The van der Waals surface area contributed by atoms with Gasteiger partial charge in [0.15, 0.2) is 0 Å². The van der Waals surface area contributed by atoms with E-state index >= 15 is 0 Å². The van der Waals surface area contributed by atoms with E-state index in [9.17, 15) is 19.2 Å². The van der Waals surface area contributed by atoms with E-state index in [1.807, 2.05) is 0 Å². The molecule has 2 rings (SSSR count). The largest absolute Gasteiger partial charge is 0.387 e. The van der Waals surface area contributed by atoms with Crippen molar-refractivity contribution in [1.29, 1.82) is 0 Å². The van der Waals surface area contributed by atoms with Crippen LogP contribution in [0.25, 0.3) is 0 Å². The topological polar surface area (TPSA) is 86.7 Å². The number of carbonyl (C=O) groups excluding carboxylic acids is 4. The first-order valence-electron chi connectivity index (χ1n) is 3.45. The summed E-state index contributed by atoms with van der Waals surface area (Å²) in [7, 11) is 0. The molecule has 0 spiro atoms. The SMILES string of the molecule is O=C1C=CC(=O)O1.O=C1C=CC(=O)O1. The van der Waals surface area contributed by atoms with Crippen LogP contribution in [0.1, 0.15) is 0 Å². The second-order valence-electron chi connectivity index (χ2n) is 2.15. The Balaban J connectivity index is 0.000000140. The number of ether oxygens (including phenoxy) is 2. The maximum Gasteiger partial charge on any atom is 0.338 e. The number of cyclic esters (lactones) is 4. The zero-order chi connectivity index (χ0) is 10.6. The van der Waals surface area contributed by atoms with Gasteiger partial charge in [-0.2, -0.15) is 0 Å². The molecule has 6 nitrogen and oxygen atoms in total. The molecule has 0 fully saturated rings. The summed E-state index contributed by atoms with van der Waals surface area (Å²) in [6, 6.07) is 0. The maximum absolute atomic E-state index is 9.92. The second kappa shape index (κ2) is 4.13. The second-order valence-corrected chi connectivity index (χ2v) is 2.15. The number of carbonyl (C=O) groups is 4. The third-order valence-electron chi connectivity index (χ3n) is 1.11. The Morgan fingerprint density at radius 1 is 0.571 bits per heavy atom. The first-order valence-corrected chi connectivity index (χ1v) is 3.45. The molecule has 0 N–H and O–H groups in total. The fourth-order valence-corrected chi connectivity index (χ4v) is 0.607. The van der Waals surface area contributed by atoms with Crippen LogP contribution >= 0.6 is 0 Å². The Hall–Kier alpha value is -2.24. The predicted octanol–water partition coefficient (Wildman–Crippen LogP) is -0.748. The third-order valence-corrected chi connectivity index (χ3v) is 1.11. The molecule has 72 valence electrons. The van der Waals surface area contributed by atoms with Gasteiger partial charge in [-0.1, -0.05) is 0 Å². The summed E-state index contributed by atoms with van der Waals surface area (Å²) >= 11 is 0. The number of rotatable bonds is 0. The van der Waals surface area contributed by atoms with E-state index in [0.717, 1.165) is 24.3 Å². The molecule has 0 unspecified atom stereocenters. The van der Waals surface area contributed by atoms with Gasteiger partial charge in [-0.3, -0.25) is 0 Å². The van der Waals surface area contributed by atoms with E-state index in [2.05, 4.69) is 9.47 Å². The zero-order valence-electron chi connectivity index (χ0n) is 6.76. The van der Waals surface area contributed by atoms with E-state index in [1.54, 1.807) is 0 Å². The van der Waals surface area contributed by atoms with Gasteiger partial charge in [-0.05, 0) is 0 Å². The molecule has 2 aliphatic rings. The van der Waals surface area contributed by atoms with Crippen LogP contribution in [0.15, 0.2) is 24.3 Å². The first-order chi connectivity index (χ1) is 6.58. The summed E-state index contributed by atoms with van der Waals surface area (Å²) in [4.78, 5) is 39.7. The van der Waals surface area contributed by atoms with Crippen molar-refractivity contribution in [3.8, 4) is 0 Å². The summed E-state index contributed by atoms with van der Waals surface area (Å²) in [5.74, 6) is -2.31. The highest BCUT2D eigenvalue weighted by atomic mass is 16.6. The normalized spacial score (nSPS) is 17.7. The van der Waals surface area contributed by atoms with Crippen LogP contribution in [-0.2, 0) is 28.7 Å². The predicted molar refractivity (Wildman–Crippen MR) is 40.5 cm³/mol. The van der Waals surface area contributed by atoms with Crippen LogP contribution in [0.2, 0.25) is 0 Å². The molecule has 2 heterocycles. The van der Waals surface area contributed by atoms with E-state index < -0.39 is 23.9 Å². The van der Waals surface area contributed by atoms with Crippen LogP contribution in [0.5, 0.6) is 0 Å². The van der Waals surface area contributed by atoms with Gasteiger partial charge in [-0.15, -0.1) is 0 Å². The van der Waals surface area contributed by atoms with E-state index in [1.165, 1.54) is 0 Å². The fourth-order valence-electron chi connectivity index (χ4n) is 0.607. The lowest BCUT2D eigenvalue weighted by Gasteiger charge is -1.80. The molecule has 0 radical (unpaired) electrons. The standard InChI is InChI=1S/2C4H2O3/c2*5-3-1-2-4(6)7-3/h2*1-2H. The Morgan fingerprint density at radius 3 is 0.857 bits per heavy atom. The lowest BCUT2D eigenvalue weighted by Crippen LogP contribution is -1.96. The molecular weight excluding hydrogens is 192 g/mol. The van der Waals surface area contributed by atoms with Gasteiger partial charge in [0.25, 0.3) is 0 Å². The van der Waals surface area contributed by atoms with E-state index in [-0.39, 0.29) is 0 Å². The minimum Gasteiger partial charge on any atom is -0.387 e. The molecule has 0 atom stereocenters. The van der Waals surface area contributed by atoms with Crippen molar-refractivity contribution in [3.05, 3.63) is 24.3 Å². The van der Waals surface area contributed by atoms with Crippen LogP contribution in [-0.4, -0.2) is 23.9 Å². The van der Waals surface area contributed by atoms with Crippen LogP contribution in [0, 0.1) is 0 Å². The molecule has 0 amide bonds. The zero-order valence-corrected chi connectivity index (χ0v) is 6.76. The Labute approximate surface area is 77.8 Å². The molecular formula is C8H4O6. The molecule has 2 aliphatic heterocycles. The van der Waals surface area contributed by atoms with Crippen molar-refractivity contribution < 1.29 is 28.7 Å². The average Bonchev–Trinajstić information content (AvgIpc) is 2.63. The first kappa shape index (κ1) is 9.85. The minimum absolute atomic E-state index is 0.579. The summed E-state index contributed by atoms with van der Waals surface area (Å²) in [6.45, 7) is 0. The van der Waals surface area contributed by atoms with Crippen molar-refractivity contribution in [3.63, 3.8) is 0 Å². The monoisotopic (exact) mass is 196 g/mol. The summed E-state index contributed by atoms with van der Waals surface area (Å²) < 4.78 is 7.94. The van der Waals surface area contributed by atoms with Crippen molar-refractivity contribution in [1.82, 2.24) is 0 Å². The number of esters is 4. The highest BCUT2D eigenvalue weighted by molar-refractivity contribution is 6.05. The van der Waals surface area contributed by atoms with Gasteiger partial charge in [0.1, 0.15) is 0 Å². The molecule has 14 heavy (non-hydrogen) atoms. The lowest BCUT2D eigenvalue weighted by atomic mass is 10.6.